The van der Waals surface area contributed by atoms with Crippen LogP contribution >= 0.6 is 0 Å². The van der Waals surface area contributed by atoms with Crippen molar-refractivity contribution in [2.45, 2.75) is 24.9 Å². The van der Waals surface area contributed by atoms with E-state index in [2.05, 4.69) is 5.32 Å². The Morgan fingerprint density at radius 2 is 2.11 bits per heavy atom. The number of nitrogens with two attached hydrogens (primary N) is 1. The van der Waals surface area contributed by atoms with Gasteiger partial charge in [-0.2, -0.15) is 0 Å². The fourth-order valence-electron chi connectivity index (χ4n) is 1.74. The number of methoxy groups -OCH3 is 1. The largest absolute Gasteiger partial charge is 0.394 e. The number of aliphatic hydroxyl groups is 1. The van der Waals surface area contributed by atoms with E-state index in [4.69, 9.17) is 10.5 Å². The molecule has 1 aromatic carbocycles. The van der Waals surface area contributed by atoms with Gasteiger partial charge in [-0.1, -0.05) is 30.3 Å². The molecule has 0 aliphatic carbocycles. The van der Waals surface area contributed by atoms with Crippen LogP contribution in [0.3, 0.4) is 0 Å². The van der Waals surface area contributed by atoms with Crippen LogP contribution in [0.25, 0.3) is 0 Å². The molecular formula is C14H22N2O3. The van der Waals surface area contributed by atoms with Crippen LogP contribution in [0.4, 0.5) is 0 Å². The minimum Gasteiger partial charge on any atom is -0.394 e. The summed E-state index contributed by atoms with van der Waals surface area (Å²) in [5.74, 6) is -0.257. The maximum absolute atomic E-state index is 11.8. The van der Waals surface area contributed by atoms with Crippen molar-refractivity contribution in [2.75, 3.05) is 20.3 Å². The lowest BCUT2D eigenvalue weighted by Crippen LogP contribution is -2.47. The molecular weight excluding hydrogens is 244 g/mol. The van der Waals surface area contributed by atoms with Crippen LogP contribution in [0.2, 0.25) is 0 Å². The van der Waals surface area contributed by atoms with Crippen molar-refractivity contribution in [3.05, 3.63) is 35.9 Å². The maximum atomic E-state index is 11.8. The number of benzene rings is 1. The molecule has 0 aromatic heterocycles. The zero-order valence-electron chi connectivity index (χ0n) is 11.2. The molecule has 0 saturated carbocycles. The standard InChI is InChI=1S/C14H22N2O3/c1-19-8-7-13(15)14(18)16-12(10-17)9-11-5-3-2-4-6-11/h2-6,12-13,17H,7-10,15H2,1H3,(H,16,18)/t12-,13?/m1/s1. The second kappa shape index (κ2) is 8.63. The summed E-state index contributed by atoms with van der Waals surface area (Å²) in [5.41, 5.74) is 6.79. The first-order valence-electron chi connectivity index (χ1n) is 6.37. The Bertz CT molecular complexity index is 370. The topological polar surface area (TPSA) is 84.6 Å². The van der Waals surface area contributed by atoms with Gasteiger partial charge in [-0.15, -0.1) is 0 Å². The number of carbonyl (C=O) groups excluding carboxylic acids is 1. The fourth-order valence-corrected chi connectivity index (χ4v) is 1.74. The van der Waals surface area contributed by atoms with E-state index < -0.39 is 6.04 Å². The van der Waals surface area contributed by atoms with Crippen molar-refractivity contribution in [1.29, 1.82) is 0 Å². The number of ether oxygens (including phenoxy) is 1. The normalized spacial score (nSPS) is 13.8. The van der Waals surface area contributed by atoms with Gasteiger partial charge in [0.25, 0.3) is 0 Å². The molecule has 5 nitrogen and oxygen atoms in total. The van der Waals surface area contributed by atoms with Crippen LogP contribution < -0.4 is 11.1 Å². The molecule has 0 spiro atoms. The molecule has 1 amide bonds. The van der Waals surface area contributed by atoms with Gasteiger partial charge in [-0.25, -0.2) is 0 Å². The molecule has 0 aliphatic heterocycles. The number of carbonyl (C=O) groups is 1. The minimum absolute atomic E-state index is 0.113. The van der Waals surface area contributed by atoms with Gasteiger partial charge >= 0.3 is 0 Å². The molecule has 0 saturated heterocycles. The number of rotatable bonds is 8. The van der Waals surface area contributed by atoms with Crippen molar-refractivity contribution < 1.29 is 14.6 Å². The lowest BCUT2D eigenvalue weighted by Gasteiger charge is -2.19. The molecule has 1 rings (SSSR count). The number of aliphatic hydroxyl groups excluding tert-OH is 1. The molecule has 0 fully saturated rings. The van der Waals surface area contributed by atoms with Crippen molar-refractivity contribution >= 4 is 5.91 Å². The molecule has 2 atom stereocenters. The highest BCUT2D eigenvalue weighted by atomic mass is 16.5. The lowest BCUT2D eigenvalue weighted by molar-refractivity contribution is -0.123. The average molecular weight is 266 g/mol. The predicted molar refractivity (Wildman–Crippen MR) is 73.6 cm³/mol. The quantitative estimate of drug-likeness (QED) is 0.621. The zero-order valence-corrected chi connectivity index (χ0v) is 11.2. The molecule has 1 aromatic rings. The van der Waals surface area contributed by atoms with E-state index in [9.17, 15) is 9.90 Å². The number of amides is 1. The summed E-state index contributed by atoms with van der Waals surface area (Å²) in [4.78, 5) is 11.8. The molecule has 106 valence electrons. The summed E-state index contributed by atoms with van der Waals surface area (Å²) >= 11 is 0. The Labute approximate surface area is 113 Å². The molecule has 0 radical (unpaired) electrons. The molecule has 0 heterocycles. The van der Waals surface area contributed by atoms with Crippen LogP contribution in [0, 0.1) is 0 Å². The minimum atomic E-state index is -0.607. The first-order chi connectivity index (χ1) is 9.17. The molecule has 19 heavy (non-hydrogen) atoms. The number of nitrogens with one attached hydrogen (secondary N) is 1. The predicted octanol–water partition coefficient (Wildman–Crippen LogP) is 0.0700. The Hall–Kier alpha value is -1.43. The smallest absolute Gasteiger partial charge is 0.237 e. The van der Waals surface area contributed by atoms with Crippen molar-refractivity contribution in [3.63, 3.8) is 0 Å². The Kier molecular flexibility index (Phi) is 7.10. The zero-order chi connectivity index (χ0) is 14.1. The highest BCUT2D eigenvalue weighted by molar-refractivity contribution is 5.81. The van der Waals surface area contributed by atoms with Crippen molar-refractivity contribution in [2.24, 2.45) is 5.73 Å². The third-order valence-electron chi connectivity index (χ3n) is 2.86. The van der Waals surface area contributed by atoms with Crippen LogP contribution in [-0.4, -0.2) is 43.4 Å². The van der Waals surface area contributed by atoms with E-state index in [0.717, 1.165) is 5.56 Å². The summed E-state index contributed by atoms with van der Waals surface area (Å²) in [7, 11) is 1.57. The van der Waals surface area contributed by atoms with E-state index in [1.165, 1.54) is 0 Å². The number of hydrogen-bond donors (Lipinski definition) is 3. The highest BCUT2D eigenvalue weighted by Gasteiger charge is 2.17. The summed E-state index contributed by atoms with van der Waals surface area (Å²) < 4.78 is 4.88. The lowest BCUT2D eigenvalue weighted by atomic mass is 10.1. The first kappa shape index (κ1) is 15.6. The molecule has 5 heteroatoms. The molecule has 4 N–H and O–H groups in total. The van der Waals surface area contributed by atoms with Gasteiger partial charge in [-0.3, -0.25) is 4.79 Å². The third kappa shape index (κ3) is 5.83. The monoisotopic (exact) mass is 266 g/mol. The van der Waals surface area contributed by atoms with Crippen LogP contribution in [0.1, 0.15) is 12.0 Å². The van der Waals surface area contributed by atoms with Gasteiger partial charge in [0.15, 0.2) is 0 Å². The van der Waals surface area contributed by atoms with Crippen LogP contribution in [0.5, 0.6) is 0 Å². The Morgan fingerprint density at radius 3 is 2.68 bits per heavy atom. The van der Waals surface area contributed by atoms with E-state index in [0.29, 0.717) is 19.4 Å². The summed E-state index contributed by atoms with van der Waals surface area (Å²) in [6, 6.07) is 8.77. The van der Waals surface area contributed by atoms with Gasteiger partial charge in [-0.05, 0) is 18.4 Å². The van der Waals surface area contributed by atoms with Gasteiger partial charge in [0.1, 0.15) is 0 Å². The summed E-state index contributed by atoms with van der Waals surface area (Å²) in [6.07, 6.45) is 1.05. The van der Waals surface area contributed by atoms with Crippen LogP contribution in [-0.2, 0) is 16.0 Å². The van der Waals surface area contributed by atoms with E-state index in [-0.39, 0.29) is 18.6 Å². The number of hydrogen-bond acceptors (Lipinski definition) is 4. The summed E-state index contributed by atoms with van der Waals surface area (Å²) in [6.45, 7) is 0.328. The van der Waals surface area contributed by atoms with Gasteiger partial charge < -0.3 is 20.9 Å². The maximum Gasteiger partial charge on any atom is 0.237 e. The van der Waals surface area contributed by atoms with Gasteiger partial charge in [0, 0.05) is 13.7 Å². The first-order valence-corrected chi connectivity index (χ1v) is 6.37. The van der Waals surface area contributed by atoms with E-state index in [1.807, 2.05) is 30.3 Å². The van der Waals surface area contributed by atoms with Crippen molar-refractivity contribution in [1.82, 2.24) is 5.32 Å². The molecule has 0 aliphatic rings. The Balaban J connectivity index is 2.45. The molecule has 1 unspecified atom stereocenters. The van der Waals surface area contributed by atoms with Gasteiger partial charge in [0.05, 0.1) is 18.7 Å². The second-order valence-corrected chi connectivity index (χ2v) is 4.47. The SMILES string of the molecule is COCCC(N)C(=O)N[C@@H](CO)Cc1ccccc1. The van der Waals surface area contributed by atoms with Crippen LogP contribution in [0.15, 0.2) is 30.3 Å². The average Bonchev–Trinajstić information content (AvgIpc) is 2.44. The second-order valence-electron chi connectivity index (χ2n) is 4.47. The van der Waals surface area contributed by atoms with E-state index >= 15 is 0 Å². The van der Waals surface area contributed by atoms with Crippen molar-refractivity contribution in [3.8, 4) is 0 Å². The molecule has 0 bridgehead atoms. The van der Waals surface area contributed by atoms with Gasteiger partial charge in [0.2, 0.25) is 5.91 Å². The fraction of sp³-hybridized carbons (Fsp3) is 0.500. The highest BCUT2D eigenvalue weighted by Crippen LogP contribution is 2.03. The summed E-state index contributed by atoms with van der Waals surface area (Å²) in [5, 5.41) is 12.1. The third-order valence-corrected chi connectivity index (χ3v) is 2.86. The Morgan fingerprint density at radius 1 is 1.42 bits per heavy atom. The van der Waals surface area contributed by atoms with E-state index in [1.54, 1.807) is 7.11 Å².